The Morgan fingerprint density at radius 3 is 2.92 bits per heavy atom. The minimum Gasteiger partial charge on any atom is -0.496 e. The number of carbonyl (C=O) groups is 2. The molecule has 7 heteroatoms. The van der Waals surface area contributed by atoms with Crippen LogP contribution in [0.15, 0.2) is 18.2 Å². The summed E-state index contributed by atoms with van der Waals surface area (Å²) in [7, 11) is 1.58. The first kappa shape index (κ1) is 19.5. The summed E-state index contributed by atoms with van der Waals surface area (Å²) in [5.41, 5.74) is 6.17. The van der Waals surface area contributed by atoms with Crippen LogP contribution in [0.4, 0.5) is 0 Å². The number of likely N-dealkylation sites (tertiary alicyclic amines) is 1. The first-order valence-electron chi connectivity index (χ1n) is 8.63. The van der Waals surface area contributed by atoms with E-state index in [1.54, 1.807) is 25.3 Å². The lowest BCUT2D eigenvalue weighted by atomic mass is 10.0. The van der Waals surface area contributed by atoms with Crippen LogP contribution in [0.3, 0.4) is 0 Å². The summed E-state index contributed by atoms with van der Waals surface area (Å²) >= 11 is 6.05. The number of hydrogen-bond acceptors (Lipinski definition) is 4. The molecule has 1 aliphatic rings. The van der Waals surface area contributed by atoms with Crippen LogP contribution in [0.2, 0.25) is 5.02 Å². The molecule has 1 atom stereocenters. The average Bonchev–Trinajstić information content (AvgIpc) is 2.60. The minimum atomic E-state index is -0.0722. The highest BCUT2D eigenvalue weighted by atomic mass is 35.5. The number of piperidine rings is 1. The van der Waals surface area contributed by atoms with Gasteiger partial charge in [-0.15, -0.1) is 0 Å². The van der Waals surface area contributed by atoms with Crippen LogP contribution in [0.1, 0.15) is 31.2 Å². The quantitative estimate of drug-likeness (QED) is 0.768. The third-order valence-corrected chi connectivity index (χ3v) is 4.67. The summed E-state index contributed by atoms with van der Waals surface area (Å²) in [5.74, 6) is 0.609. The van der Waals surface area contributed by atoms with Crippen molar-refractivity contribution in [1.82, 2.24) is 10.2 Å². The van der Waals surface area contributed by atoms with Crippen LogP contribution in [-0.2, 0) is 16.0 Å². The number of amides is 2. The van der Waals surface area contributed by atoms with E-state index in [-0.39, 0.29) is 24.3 Å². The first-order chi connectivity index (χ1) is 12.0. The highest BCUT2D eigenvalue weighted by Crippen LogP contribution is 2.25. The van der Waals surface area contributed by atoms with E-state index in [1.165, 1.54) is 0 Å². The summed E-state index contributed by atoms with van der Waals surface area (Å²) in [5, 5.41) is 3.45. The van der Waals surface area contributed by atoms with Crippen LogP contribution >= 0.6 is 11.6 Å². The van der Waals surface area contributed by atoms with Gasteiger partial charge in [-0.25, -0.2) is 0 Å². The van der Waals surface area contributed by atoms with Crippen LogP contribution in [0.25, 0.3) is 0 Å². The van der Waals surface area contributed by atoms with Gasteiger partial charge in [0.05, 0.1) is 13.5 Å². The van der Waals surface area contributed by atoms with Gasteiger partial charge in [0.2, 0.25) is 11.8 Å². The molecule has 2 amide bonds. The SMILES string of the molecule is COc1ccc(Cl)cc1CC(=O)N1CCCCC1CNC(=O)CCN. The zero-order valence-electron chi connectivity index (χ0n) is 14.6. The second-order valence-corrected chi connectivity index (χ2v) is 6.65. The molecule has 0 aromatic heterocycles. The van der Waals surface area contributed by atoms with Crippen molar-refractivity contribution >= 4 is 23.4 Å². The first-order valence-corrected chi connectivity index (χ1v) is 9.01. The number of nitrogens with zero attached hydrogens (tertiary/aromatic N) is 1. The fourth-order valence-corrected chi connectivity index (χ4v) is 3.34. The van der Waals surface area contributed by atoms with Crippen LogP contribution in [-0.4, -0.2) is 49.5 Å². The molecule has 2 rings (SSSR count). The van der Waals surface area contributed by atoms with Gasteiger partial charge in [-0.1, -0.05) is 11.6 Å². The second-order valence-electron chi connectivity index (χ2n) is 6.21. The Morgan fingerprint density at radius 1 is 1.40 bits per heavy atom. The van der Waals surface area contributed by atoms with Crippen LogP contribution in [0.5, 0.6) is 5.75 Å². The van der Waals surface area contributed by atoms with Crippen LogP contribution in [0, 0.1) is 0 Å². The lowest BCUT2D eigenvalue weighted by Crippen LogP contribution is -2.50. The number of benzene rings is 1. The number of nitrogens with two attached hydrogens (primary N) is 1. The molecule has 1 unspecified atom stereocenters. The van der Waals surface area contributed by atoms with E-state index in [0.717, 1.165) is 24.8 Å². The third kappa shape index (κ3) is 5.61. The molecule has 0 radical (unpaired) electrons. The predicted molar refractivity (Wildman–Crippen MR) is 97.7 cm³/mol. The van der Waals surface area contributed by atoms with Gasteiger partial charge in [0.1, 0.15) is 5.75 Å². The molecule has 6 nitrogen and oxygen atoms in total. The van der Waals surface area contributed by atoms with Crippen molar-refractivity contribution in [3.63, 3.8) is 0 Å². The van der Waals surface area contributed by atoms with Crippen molar-refractivity contribution in [3.05, 3.63) is 28.8 Å². The van der Waals surface area contributed by atoms with Gasteiger partial charge in [0.15, 0.2) is 0 Å². The van der Waals surface area contributed by atoms with Crippen LogP contribution < -0.4 is 15.8 Å². The zero-order valence-corrected chi connectivity index (χ0v) is 15.3. The summed E-state index contributed by atoms with van der Waals surface area (Å²) in [6, 6.07) is 5.30. The van der Waals surface area contributed by atoms with Crippen molar-refractivity contribution in [2.45, 2.75) is 38.1 Å². The smallest absolute Gasteiger partial charge is 0.227 e. The third-order valence-electron chi connectivity index (χ3n) is 4.44. The average molecular weight is 368 g/mol. The van der Waals surface area contributed by atoms with Gasteiger partial charge in [-0.3, -0.25) is 9.59 Å². The number of carbonyl (C=O) groups excluding carboxylic acids is 2. The molecule has 1 heterocycles. The lowest BCUT2D eigenvalue weighted by molar-refractivity contribution is -0.134. The van der Waals surface area contributed by atoms with Gasteiger partial charge in [0.25, 0.3) is 0 Å². The number of rotatable bonds is 7. The molecule has 0 bridgehead atoms. The van der Waals surface area contributed by atoms with Gasteiger partial charge >= 0.3 is 0 Å². The predicted octanol–water partition coefficient (Wildman–Crippen LogP) is 1.74. The lowest BCUT2D eigenvalue weighted by Gasteiger charge is -2.36. The van der Waals surface area contributed by atoms with E-state index in [1.807, 2.05) is 4.90 Å². The molecular weight excluding hydrogens is 342 g/mol. The fourth-order valence-electron chi connectivity index (χ4n) is 3.14. The molecule has 1 aromatic rings. The van der Waals surface area contributed by atoms with Crippen molar-refractivity contribution in [2.24, 2.45) is 5.73 Å². The number of halogens is 1. The Hall–Kier alpha value is -1.79. The Kier molecular flexibility index (Phi) is 7.52. The molecule has 138 valence electrons. The Bertz CT molecular complexity index is 609. The van der Waals surface area contributed by atoms with Crippen molar-refractivity contribution < 1.29 is 14.3 Å². The molecule has 0 aliphatic carbocycles. The highest BCUT2D eigenvalue weighted by Gasteiger charge is 2.27. The van der Waals surface area contributed by atoms with Crippen molar-refractivity contribution in [3.8, 4) is 5.75 Å². The van der Waals surface area contributed by atoms with E-state index < -0.39 is 0 Å². The molecule has 1 aromatic carbocycles. The van der Waals surface area contributed by atoms with Gasteiger partial charge in [0, 0.05) is 42.7 Å². The summed E-state index contributed by atoms with van der Waals surface area (Å²) in [6.45, 7) is 1.50. The van der Waals surface area contributed by atoms with Gasteiger partial charge in [-0.2, -0.15) is 0 Å². The second kappa shape index (κ2) is 9.63. The van der Waals surface area contributed by atoms with Crippen molar-refractivity contribution in [1.29, 1.82) is 0 Å². The monoisotopic (exact) mass is 367 g/mol. The maximum atomic E-state index is 12.8. The number of ether oxygens (including phenoxy) is 1. The Balaban J connectivity index is 2.02. The molecule has 25 heavy (non-hydrogen) atoms. The maximum absolute atomic E-state index is 12.8. The van der Waals surface area contributed by atoms with Gasteiger partial charge in [-0.05, 0) is 37.5 Å². The molecule has 1 aliphatic heterocycles. The fraction of sp³-hybridized carbons (Fsp3) is 0.556. The van der Waals surface area contributed by atoms with E-state index >= 15 is 0 Å². The maximum Gasteiger partial charge on any atom is 0.227 e. The van der Waals surface area contributed by atoms with E-state index in [0.29, 0.717) is 36.8 Å². The summed E-state index contributed by atoms with van der Waals surface area (Å²) in [4.78, 5) is 26.3. The molecule has 0 saturated carbocycles. The molecular formula is C18H26ClN3O3. The number of methoxy groups -OCH3 is 1. The minimum absolute atomic E-state index is 0.0214. The highest BCUT2D eigenvalue weighted by molar-refractivity contribution is 6.30. The Labute approximate surface area is 153 Å². The molecule has 3 N–H and O–H groups in total. The standard InChI is InChI=1S/C18H26ClN3O3/c1-25-16-6-5-14(19)10-13(16)11-18(24)22-9-3-2-4-15(22)12-21-17(23)7-8-20/h5-6,10,15H,2-4,7-9,11-12,20H2,1H3,(H,21,23). The molecule has 0 spiro atoms. The molecule has 1 fully saturated rings. The molecule has 1 saturated heterocycles. The van der Waals surface area contributed by atoms with E-state index in [2.05, 4.69) is 5.32 Å². The Morgan fingerprint density at radius 2 is 2.20 bits per heavy atom. The number of hydrogen-bond donors (Lipinski definition) is 2. The van der Waals surface area contributed by atoms with E-state index in [9.17, 15) is 9.59 Å². The summed E-state index contributed by atoms with van der Waals surface area (Å²) in [6.07, 6.45) is 3.46. The van der Waals surface area contributed by atoms with E-state index in [4.69, 9.17) is 22.1 Å². The number of nitrogens with one attached hydrogen (secondary N) is 1. The largest absolute Gasteiger partial charge is 0.496 e. The van der Waals surface area contributed by atoms with Gasteiger partial charge < -0.3 is 20.7 Å². The topological polar surface area (TPSA) is 84.7 Å². The summed E-state index contributed by atoms with van der Waals surface area (Å²) < 4.78 is 5.32. The zero-order chi connectivity index (χ0) is 18.2. The normalized spacial score (nSPS) is 17.2. The van der Waals surface area contributed by atoms with Crippen molar-refractivity contribution in [2.75, 3.05) is 26.7 Å².